The van der Waals surface area contributed by atoms with Crippen LogP contribution >= 0.6 is 11.8 Å². The van der Waals surface area contributed by atoms with Crippen molar-refractivity contribution in [3.05, 3.63) is 24.3 Å². The van der Waals surface area contributed by atoms with E-state index in [4.69, 9.17) is 4.74 Å². The first-order chi connectivity index (χ1) is 13.7. The molecule has 2 aliphatic rings. The number of thioether (sulfide) groups is 1. The van der Waals surface area contributed by atoms with Gasteiger partial charge in [-0.05, 0) is 74.4 Å². The zero-order chi connectivity index (χ0) is 20.2. The summed E-state index contributed by atoms with van der Waals surface area (Å²) in [5, 5.41) is 0.713. The Balaban J connectivity index is 1.82. The van der Waals surface area contributed by atoms with Gasteiger partial charge in [0.05, 0.1) is 7.11 Å². The standard InChI is InChI=1S/C25H42O2S/c1-4-6-9-12-22(28-5-2)17-18-24-21-16-15-20(19-21)23(24)13-10-7-8-11-14-25(26)27-3/h7,10,17-18,20-24H,4-6,8-9,11-16,19H2,1-3H3/b10-7+,18-17+/t20-,21+,22-,23-,24-/m1/s1. The van der Waals surface area contributed by atoms with E-state index in [9.17, 15) is 4.79 Å². The van der Waals surface area contributed by atoms with Crippen molar-refractivity contribution in [1.29, 1.82) is 0 Å². The molecule has 160 valence electrons. The van der Waals surface area contributed by atoms with Gasteiger partial charge in [-0.2, -0.15) is 11.8 Å². The molecule has 3 heteroatoms. The number of unbranched alkanes of at least 4 members (excludes halogenated alkanes) is 3. The Morgan fingerprint density at radius 2 is 1.96 bits per heavy atom. The highest BCUT2D eigenvalue weighted by Gasteiger charge is 2.45. The highest BCUT2D eigenvalue weighted by Crippen LogP contribution is 2.54. The predicted octanol–water partition coefficient (Wildman–Crippen LogP) is 7.20. The van der Waals surface area contributed by atoms with Crippen molar-refractivity contribution < 1.29 is 9.53 Å². The summed E-state index contributed by atoms with van der Waals surface area (Å²) >= 11 is 2.12. The summed E-state index contributed by atoms with van der Waals surface area (Å²) in [4.78, 5) is 11.2. The molecule has 0 aromatic heterocycles. The first-order valence-corrected chi connectivity index (χ1v) is 12.8. The topological polar surface area (TPSA) is 26.3 Å². The van der Waals surface area contributed by atoms with E-state index in [1.165, 1.54) is 64.2 Å². The van der Waals surface area contributed by atoms with Crippen molar-refractivity contribution >= 4 is 17.7 Å². The average molecular weight is 407 g/mol. The maximum Gasteiger partial charge on any atom is 0.305 e. The van der Waals surface area contributed by atoms with Crippen molar-refractivity contribution in [2.24, 2.45) is 23.7 Å². The molecule has 2 bridgehead atoms. The SMILES string of the molecule is CCCCC[C@H](/C=C/[C@@H]1[C@H]2CC[C@H](C2)[C@H]1C/C=C/CCCC(=O)OC)SCC. The van der Waals surface area contributed by atoms with Gasteiger partial charge in [0.25, 0.3) is 0 Å². The van der Waals surface area contributed by atoms with E-state index < -0.39 is 0 Å². The number of rotatable bonds is 14. The lowest BCUT2D eigenvalue weighted by molar-refractivity contribution is -0.140. The molecule has 0 radical (unpaired) electrons. The van der Waals surface area contributed by atoms with Gasteiger partial charge in [0.15, 0.2) is 0 Å². The largest absolute Gasteiger partial charge is 0.469 e. The molecule has 0 unspecified atom stereocenters. The molecule has 5 atom stereocenters. The fourth-order valence-corrected chi connectivity index (χ4v) is 6.20. The molecule has 0 amide bonds. The summed E-state index contributed by atoms with van der Waals surface area (Å²) in [5.41, 5.74) is 0. The summed E-state index contributed by atoms with van der Waals surface area (Å²) in [5.74, 6) is 4.64. The van der Waals surface area contributed by atoms with Crippen molar-refractivity contribution in [2.45, 2.75) is 89.7 Å². The second kappa shape index (κ2) is 13.5. The zero-order valence-electron chi connectivity index (χ0n) is 18.4. The fraction of sp³-hybridized carbons (Fsp3) is 0.800. The lowest BCUT2D eigenvalue weighted by Crippen LogP contribution is -2.20. The molecule has 2 saturated carbocycles. The number of allylic oxidation sites excluding steroid dienone is 3. The quantitative estimate of drug-likeness (QED) is 0.173. The Labute approximate surface area is 178 Å². The number of carbonyl (C=O) groups excluding carboxylic acids is 1. The van der Waals surface area contributed by atoms with E-state index >= 15 is 0 Å². The van der Waals surface area contributed by atoms with Gasteiger partial charge >= 0.3 is 5.97 Å². The maximum absolute atomic E-state index is 11.2. The van der Waals surface area contributed by atoms with Crippen LogP contribution in [0.3, 0.4) is 0 Å². The maximum atomic E-state index is 11.2. The summed E-state index contributed by atoms with van der Waals surface area (Å²) in [6.45, 7) is 4.58. The third-order valence-corrected chi connectivity index (χ3v) is 7.89. The van der Waals surface area contributed by atoms with Crippen LogP contribution in [-0.4, -0.2) is 24.1 Å². The van der Waals surface area contributed by atoms with Crippen LogP contribution in [0.25, 0.3) is 0 Å². The molecule has 0 aromatic rings. The van der Waals surface area contributed by atoms with E-state index in [1.54, 1.807) is 0 Å². The number of ether oxygens (including phenoxy) is 1. The second-order valence-electron chi connectivity index (χ2n) is 8.62. The minimum absolute atomic E-state index is 0.0925. The van der Waals surface area contributed by atoms with Crippen LogP contribution in [-0.2, 0) is 9.53 Å². The molecule has 2 nitrogen and oxygen atoms in total. The van der Waals surface area contributed by atoms with Gasteiger partial charge in [-0.1, -0.05) is 57.4 Å². The van der Waals surface area contributed by atoms with Crippen molar-refractivity contribution in [3.8, 4) is 0 Å². The highest BCUT2D eigenvalue weighted by molar-refractivity contribution is 8.00. The summed E-state index contributed by atoms with van der Waals surface area (Å²) < 4.78 is 4.71. The molecule has 0 heterocycles. The molecule has 0 aliphatic heterocycles. The molecule has 0 saturated heterocycles. The van der Waals surface area contributed by atoms with Crippen LogP contribution in [0.2, 0.25) is 0 Å². The number of esters is 1. The highest BCUT2D eigenvalue weighted by atomic mass is 32.2. The fourth-order valence-electron chi connectivity index (χ4n) is 5.24. The van der Waals surface area contributed by atoms with E-state index in [-0.39, 0.29) is 5.97 Å². The Morgan fingerprint density at radius 3 is 2.71 bits per heavy atom. The lowest BCUT2D eigenvalue weighted by Gasteiger charge is -2.28. The minimum Gasteiger partial charge on any atom is -0.469 e. The molecule has 28 heavy (non-hydrogen) atoms. The van der Waals surface area contributed by atoms with Crippen molar-refractivity contribution in [3.63, 3.8) is 0 Å². The Morgan fingerprint density at radius 1 is 1.14 bits per heavy atom. The van der Waals surface area contributed by atoms with Gasteiger partial charge in [-0.25, -0.2) is 0 Å². The number of fused-ring (bicyclic) bond motifs is 2. The normalized spacial score (nSPS) is 27.8. The van der Waals surface area contributed by atoms with Gasteiger partial charge in [0, 0.05) is 11.7 Å². The van der Waals surface area contributed by atoms with Gasteiger partial charge in [-0.15, -0.1) is 0 Å². The zero-order valence-corrected chi connectivity index (χ0v) is 19.2. The Kier molecular flexibility index (Phi) is 11.4. The molecule has 0 spiro atoms. The van der Waals surface area contributed by atoms with Crippen LogP contribution < -0.4 is 0 Å². The molecule has 0 N–H and O–H groups in total. The van der Waals surface area contributed by atoms with Crippen molar-refractivity contribution in [1.82, 2.24) is 0 Å². The molecular formula is C25H42O2S. The van der Waals surface area contributed by atoms with Crippen LogP contribution in [0.5, 0.6) is 0 Å². The molecule has 2 fully saturated rings. The minimum atomic E-state index is -0.0925. The monoisotopic (exact) mass is 406 g/mol. The molecule has 2 rings (SSSR count). The predicted molar refractivity (Wildman–Crippen MR) is 123 cm³/mol. The van der Waals surface area contributed by atoms with E-state index in [1.807, 2.05) is 0 Å². The van der Waals surface area contributed by atoms with Gasteiger partial charge in [0.1, 0.15) is 0 Å². The third kappa shape index (κ3) is 7.61. The first-order valence-electron chi connectivity index (χ1n) is 11.7. The van der Waals surface area contributed by atoms with Crippen LogP contribution in [0, 0.1) is 23.7 Å². The third-order valence-electron chi connectivity index (χ3n) is 6.73. The van der Waals surface area contributed by atoms with Gasteiger partial charge < -0.3 is 4.74 Å². The average Bonchev–Trinajstić information content (AvgIpc) is 3.30. The summed E-state index contributed by atoms with van der Waals surface area (Å²) in [7, 11) is 1.47. The van der Waals surface area contributed by atoms with Crippen molar-refractivity contribution in [2.75, 3.05) is 12.9 Å². The molecular weight excluding hydrogens is 364 g/mol. The smallest absolute Gasteiger partial charge is 0.305 e. The van der Waals surface area contributed by atoms with Crippen LogP contribution in [0.4, 0.5) is 0 Å². The molecule has 2 aliphatic carbocycles. The summed E-state index contributed by atoms with van der Waals surface area (Å²) in [6.07, 6.45) is 23.3. The van der Waals surface area contributed by atoms with E-state index in [0.717, 1.165) is 36.5 Å². The Bertz CT molecular complexity index is 499. The molecule has 0 aromatic carbocycles. The first kappa shape index (κ1) is 23.6. The Hall–Kier alpha value is -0.700. The van der Waals surface area contributed by atoms with E-state index in [2.05, 4.69) is 49.9 Å². The number of carbonyl (C=O) groups is 1. The number of hydrogen-bond acceptors (Lipinski definition) is 3. The van der Waals surface area contributed by atoms with Crippen LogP contribution in [0.15, 0.2) is 24.3 Å². The van der Waals surface area contributed by atoms with Gasteiger partial charge in [0.2, 0.25) is 0 Å². The van der Waals surface area contributed by atoms with Crippen LogP contribution in [0.1, 0.15) is 84.5 Å². The summed E-state index contributed by atoms with van der Waals surface area (Å²) in [6, 6.07) is 0. The number of hydrogen-bond donors (Lipinski definition) is 0. The second-order valence-corrected chi connectivity index (χ2v) is 10.1. The number of methoxy groups -OCH3 is 1. The van der Waals surface area contributed by atoms with Gasteiger partial charge in [-0.3, -0.25) is 4.79 Å². The lowest BCUT2D eigenvalue weighted by atomic mass is 9.77. The van der Waals surface area contributed by atoms with E-state index in [0.29, 0.717) is 11.7 Å².